The average molecular weight is 349 g/mol. The monoisotopic (exact) mass is 349 g/mol. The van der Waals surface area contributed by atoms with Gasteiger partial charge in [0.15, 0.2) is 0 Å². The molecule has 25 heavy (non-hydrogen) atoms. The third kappa shape index (κ3) is 7.69. The Hall–Kier alpha value is -2.57. The highest BCUT2D eigenvalue weighted by Gasteiger charge is 2.25. The maximum atomic E-state index is 12.3. The molecule has 7 heteroatoms. The van der Waals surface area contributed by atoms with Crippen molar-refractivity contribution in [2.45, 2.75) is 51.8 Å². The highest BCUT2D eigenvalue weighted by molar-refractivity contribution is 5.91. The van der Waals surface area contributed by atoms with Gasteiger partial charge in [-0.05, 0) is 33.3 Å². The van der Waals surface area contributed by atoms with E-state index in [1.807, 2.05) is 30.3 Å². The molecule has 1 aromatic rings. The molecule has 0 radical (unpaired) electrons. The van der Waals surface area contributed by atoms with Crippen molar-refractivity contribution in [1.82, 2.24) is 16.0 Å². The van der Waals surface area contributed by atoms with Crippen LogP contribution >= 0.6 is 0 Å². The maximum Gasteiger partial charge on any atom is 0.408 e. The fourth-order valence-corrected chi connectivity index (χ4v) is 2.08. The molecule has 2 atom stereocenters. The molecule has 1 aromatic carbocycles. The molecular weight excluding hydrogens is 322 g/mol. The maximum absolute atomic E-state index is 12.3. The third-order valence-corrected chi connectivity index (χ3v) is 3.29. The average Bonchev–Trinajstić information content (AvgIpc) is 2.52. The first-order valence-corrected chi connectivity index (χ1v) is 8.18. The zero-order valence-corrected chi connectivity index (χ0v) is 15.4. The molecule has 3 N–H and O–H groups in total. The van der Waals surface area contributed by atoms with E-state index in [1.54, 1.807) is 20.8 Å². The van der Waals surface area contributed by atoms with E-state index >= 15 is 0 Å². The van der Waals surface area contributed by atoms with E-state index in [2.05, 4.69) is 16.0 Å². The first-order valence-electron chi connectivity index (χ1n) is 8.18. The molecule has 0 heterocycles. The summed E-state index contributed by atoms with van der Waals surface area (Å²) in [5.41, 5.74) is 0.266. The topological polar surface area (TPSA) is 96.5 Å². The van der Waals surface area contributed by atoms with Crippen LogP contribution in [-0.4, -0.2) is 42.6 Å². The van der Waals surface area contributed by atoms with Crippen LogP contribution in [0.5, 0.6) is 0 Å². The normalized spacial score (nSPS) is 13.3. The van der Waals surface area contributed by atoms with Gasteiger partial charge in [0.2, 0.25) is 11.8 Å². The number of amides is 3. The summed E-state index contributed by atoms with van der Waals surface area (Å²) in [6.45, 7) is 6.74. The standard InChI is InChI=1S/C18H27N3O4/c1-12(20-17(24)25-18(2,3)4)15(22)21-14(16(23)19-5)11-13-9-7-6-8-10-13/h6-10,12,14H,11H2,1-5H3,(H,19,23)(H,20,24)(H,21,22)/t12-,14-/m1/s1. The van der Waals surface area contributed by atoms with Crippen molar-refractivity contribution >= 4 is 17.9 Å². The zero-order chi connectivity index (χ0) is 19.0. The minimum Gasteiger partial charge on any atom is -0.444 e. The van der Waals surface area contributed by atoms with Crippen molar-refractivity contribution in [2.75, 3.05) is 7.05 Å². The highest BCUT2D eigenvalue weighted by Crippen LogP contribution is 2.07. The van der Waals surface area contributed by atoms with Gasteiger partial charge in [0.1, 0.15) is 17.7 Å². The fourth-order valence-electron chi connectivity index (χ4n) is 2.08. The first-order chi connectivity index (χ1) is 11.6. The molecule has 0 aliphatic rings. The summed E-state index contributed by atoms with van der Waals surface area (Å²) < 4.78 is 5.12. The first kappa shape index (κ1) is 20.5. The van der Waals surface area contributed by atoms with Crippen LogP contribution in [0.1, 0.15) is 33.3 Å². The van der Waals surface area contributed by atoms with E-state index in [-0.39, 0.29) is 5.91 Å². The van der Waals surface area contributed by atoms with E-state index in [0.29, 0.717) is 6.42 Å². The number of alkyl carbamates (subject to hydrolysis) is 1. The summed E-state index contributed by atoms with van der Waals surface area (Å²) in [5.74, 6) is -0.767. The molecule has 138 valence electrons. The largest absolute Gasteiger partial charge is 0.444 e. The van der Waals surface area contributed by atoms with Crippen molar-refractivity contribution in [3.05, 3.63) is 35.9 Å². The number of hydrogen-bond acceptors (Lipinski definition) is 4. The predicted octanol–water partition coefficient (Wildman–Crippen LogP) is 1.37. The van der Waals surface area contributed by atoms with Crippen LogP contribution in [-0.2, 0) is 20.7 Å². The van der Waals surface area contributed by atoms with Gasteiger partial charge >= 0.3 is 6.09 Å². The zero-order valence-electron chi connectivity index (χ0n) is 15.4. The Morgan fingerprint density at radius 1 is 1.04 bits per heavy atom. The Kier molecular flexibility index (Phi) is 7.42. The van der Waals surface area contributed by atoms with Gasteiger partial charge in [-0.15, -0.1) is 0 Å². The Labute approximate surface area is 148 Å². The van der Waals surface area contributed by atoms with Crippen LogP contribution in [0, 0.1) is 0 Å². The highest BCUT2D eigenvalue weighted by atomic mass is 16.6. The fraction of sp³-hybridized carbons (Fsp3) is 0.500. The molecular formula is C18H27N3O4. The molecule has 0 fully saturated rings. The van der Waals surface area contributed by atoms with E-state index in [0.717, 1.165) is 5.56 Å². The third-order valence-electron chi connectivity index (χ3n) is 3.29. The molecule has 3 amide bonds. The van der Waals surface area contributed by atoms with Gasteiger partial charge in [0.25, 0.3) is 0 Å². The van der Waals surface area contributed by atoms with Gasteiger partial charge in [-0.25, -0.2) is 4.79 Å². The Bertz CT molecular complexity index is 596. The summed E-state index contributed by atoms with van der Waals surface area (Å²) in [7, 11) is 1.51. The lowest BCUT2D eigenvalue weighted by molar-refractivity contribution is -0.129. The summed E-state index contributed by atoms with van der Waals surface area (Å²) in [6.07, 6.45) is -0.333. The van der Waals surface area contributed by atoms with E-state index < -0.39 is 29.7 Å². The van der Waals surface area contributed by atoms with E-state index in [1.165, 1.54) is 14.0 Å². The number of likely N-dealkylation sites (N-methyl/N-ethyl adjacent to an activating group) is 1. The molecule has 0 saturated heterocycles. The molecule has 0 saturated carbocycles. The molecule has 7 nitrogen and oxygen atoms in total. The quantitative estimate of drug-likeness (QED) is 0.723. The van der Waals surface area contributed by atoms with Crippen LogP contribution in [0.25, 0.3) is 0 Å². The lowest BCUT2D eigenvalue weighted by atomic mass is 10.0. The second-order valence-corrected chi connectivity index (χ2v) is 6.73. The van der Waals surface area contributed by atoms with E-state index in [4.69, 9.17) is 4.74 Å². The van der Waals surface area contributed by atoms with Crippen LogP contribution in [0.3, 0.4) is 0 Å². The lowest BCUT2D eigenvalue weighted by Crippen LogP contribution is -2.53. The van der Waals surface area contributed by atoms with Crippen LogP contribution in [0.2, 0.25) is 0 Å². The van der Waals surface area contributed by atoms with Crippen LogP contribution < -0.4 is 16.0 Å². The Morgan fingerprint density at radius 2 is 1.64 bits per heavy atom. The van der Waals surface area contributed by atoms with Gasteiger partial charge in [-0.1, -0.05) is 30.3 Å². The number of carbonyl (C=O) groups excluding carboxylic acids is 3. The smallest absolute Gasteiger partial charge is 0.408 e. The summed E-state index contributed by atoms with van der Waals surface area (Å²) >= 11 is 0. The SMILES string of the molecule is CNC(=O)[C@@H](Cc1ccccc1)NC(=O)[C@@H](C)NC(=O)OC(C)(C)C. The van der Waals surface area contributed by atoms with Gasteiger partial charge in [-0.3, -0.25) is 9.59 Å². The molecule has 0 aliphatic carbocycles. The van der Waals surface area contributed by atoms with Crippen molar-refractivity contribution in [2.24, 2.45) is 0 Å². The summed E-state index contributed by atoms with van der Waals surface area (Å²) in [5, 5.41) is 7.66. The Balaban J connectivity index is 2.68. The van der Waals surface area contributed by atoms with Gasteiger partial charge < -0.3 is 20.7 Å². The summed E-state index contributed by atoms with van der Waals surface area (Å²) in [4.78, 5) is 36.1. The second-order valence-electron chi connectivity index (χ2n) is 6.73. The van der Waals surface area contributed by atoms with Crippen molar-refractivity contribution in [1.29, 1.82) is 0 Å². The number of ether oxygens (including phenoxy) is 1. The van der Waals surface area contributed by atoms with Crippen LogP contribution in [0.15, 0.2) is 30.3 Å². The van der Waals surface area contributed by atoms with Gasteiger partial charge in [0.05, 0.1) is 0 Å². The molecule has 1 rings (SSSR count). The van der Waals surface area contributed by atoms with Crippen molar-refractivity contribution < 1.29 is 19.1 Å². The van der Waals surface area contributed by atoms with E-state index in [9.17, 15) is 14.4 Å². The molecule has 0 aromatic heterocycles. The van der Waals surface area contributed by atoms with Gasteiger partial charge in [0, 0.05) is 13.5 Å². The summed E-state index contributed by atoms with van der Waals surface area (Å²) in [6, 6.07) is 7.80. The number of hydrogen-bond donors (Lipinski definition) is 3. The number of rotatable bonds is 6. The second kappa shape index (κ2) is 9.05. The minimum atomic E-state index is -0.835. The lowest BCUT2D eigenvalue weighted by Gasteiger charge is -2.23. The van der Waals surface area contributed by atoms with Crippen molar-refractivity contribution in [3.63, 3.8) is 0 Å². The molecule has 0 unspecified atom stereocenters. The molecule has 0 bridgehead atoms. The Morgan fingerprint density at radius 3 is 2.16 bits per heavy atom. The van der Waals surface area contributed by atoms with Crippen LogP contribution in [0.4, 0.5) is 4.79 Å². The molecule has 0 aliphatic heterocycles. The predicted molar refractivity (Wildman–Crippen MR) is 95.0 cm³/mol. The van der Waals surface area contributed by atoms with Crippen molar-refractivity contribution in [3.8, 4) is 0 Å². The van der Waals surface area contributed by atoms with Gasteiger partial charge in [-0.2, -0.15) is 0 Å². The number of nitrogens with one attached hydrogen (secondary N) is 3. The minimum absolute atomic E-state index is 0.304. The number of benzene rings is 1. The molecule has 0 spiro atoms. The number of carbonyl (C=O) groups is 3.